The Balaban J connectivity index is 1.83. The monoisotopic (exact) mass is 373 g/mol. The van der Waals surface area contributed by atoms with Gasteiger partial charge in [-0.05, 0) is 56.2 Å². The van der Waals surface area contributed by atoms with Gasteiger partial charge >= 0.3 is 0 Å². The van der Waals surface area contributed by atoms with Crippen LogP contribution in [-0.4, -0.2) is 31.8 Å². The Kier molecular flexibility index (Phi) is 7.48. The van der Waals surface area contributed by atoms with Crippen LogP contribution in [0.3, 0.4) is 0 Å². The summed E-state index contributed by atoms with van der Waals surface area (Å²) in [5.41, 5.74) is 3.68. The Morgan fingerprint density at radius 3 is 2.54 bits per heavy atom. The van der Waals surface area contributed by atoms with Crippen molar-refractivity contribution in [1.29, 1.82) is 0 Å². The highest BCUT2D eigenvalue weighted by molar-refractivity contribution is 6.31. The van der Waals surface area contributed by atoms with Crippen molar-refractivity contribution in [3.8, 4) is 0 Å². The first kappa shape index (κ1) is 19.8. The van der Waals surface area contributed by atoms with Crippen molar-refractivity contribution < 1.29 is 9.63 Å². The van der Waals surface area contributed by atoms with Crippen molar-refractivity contribution >= 4 is 35.1 Å². The Labute approximate surface area is 159 Å². The fourth-order valence-electron chi connectivity index (χ4n) is 2.47. The molecule has 0 aliphatic heterocycles. The minimum atomic E-state index is -0.288. The molecule has 0 saturated heterocycles. The lowest BCUT2D eigenvalue weighted by Gasteiger charge is -2.20. The lowest BCUT2D eigenvalue weighted by Crippen LogP contribution is -2.21. The van der Waals surface area contributed by atoms with Crippen molar-refractivity contribution in [1.82, 2.24) is 0 Å². The van der Waals surface area contributed by atoms with Gasteiger partial charge in [0.2, 0.25) is 0 Å². The van der Waals surface area contributed by atoms with Gasteiger partial charge in [0, 0.05) is 29.5 Å². The van der Waals surface area contributed by atoms with Gasteiger partial charge < -0.3 is 15.1 Å². The molecule has 0 saturated carbocycles. The van der Waals surface area contributed by atoms with Gasteiger partial charge in [0.25, 0.3) is 5.91 Å². The molecule has 138 valence electrons. The van der Waals surface area contributed by atoms with Crippen LogP contribution in [-0.2, 0) is 9.63 Å². The van der Waals surface area contributed by atoms with E-state index in [9.17, 15) is 4.79 Å². The van der Waals surface area contributed by atoms with E-state index in [0.717, 1.165) is 24.2 Å². The molecule has 0 radical (unpaired) electrons. The van der Waals surface area contributed by atoms with Crippen LogP contribution in [0.5, 0.6) is 0 Å². The molecular weight excluding hydrogens is 350 g/mol. The minimum absolute atomic E-state index is 0.167. The number of nitrogens with one attached hydrogen (secondary N) is 1. The average molecular weight is 374 g/mol. The number of hydrogen-bond donors (Lipinski definition) is 1. The van der Waals surface area contributed by atoms with Gasteiger partial charge in [0.05, 0.1) is 6.21 Å². The molecule has 2 aromatic carbocycles. The van der Waals surface area contributed by atoms with E-state index in [-0.39, 0.29) is 12.5 Å². The molecule has 1 amide bonds. The summed E-state index contributed by atoms with van der Waals surface area (Å²) in [7, 11) is 0. The smallest absolute Gasteiger partial charge is 0.265 e. The van der Waals surface area contributed by atoms with E-state index in [1.165, 1.54) is 5.69 Å². The van der Waals surface area contributed by atoms with Crippen LogP contribution >= 0.6 is 11.6 Å². The fourth-order valence-corrected chi connectivity index (χ4v) is 2.64. The zero-order valence-electron chi connectivity index (χ0n) is 15.3. The van der Waals surface area contributed by atoms with Crippen LogP contribution in [0.1, 0.15) is 25.0 Å². The maximum absolute atomic E-state index is 11.9. The molecule has 0 atom stereocenters. The fraction of sp³-hybridized carbons (Fsp3) is 0.300. The minimum Gasteiger partial charge on any atom is -0.386 e. The van der Waals surface area contributed by atoms with Gasteiger partial charge in [-0.1, -0.05) is 35.0 Å². The second-order valence-electron chi connectivity index (χ2n) is 5.78. The van der Waals surface area contributed by atoms with E-state index >= 15 is 0 Å². The molecule has 0 unspecified atom stereocenters. The Hall–Kier alpha value is -2.53. The first-order valence-electron chi connectivity index (χ1n) is 8.59. The Bertz CT molecular complexity index is 756. The predicted octanol–water partition coefficient (Wildman–Crippen LogP) is 4.48. The number of carbonyl (C=O) groups excluding carboxylic acids is 1. The number of amides is 1. The predicted molar refractivity (Wildman–Crippen MR) is 108 cm³/mol. The first-order chi connectivity index (χ1) is 12.5. The number of aryl methyl sites for hydroxylation is 1. The average Bonchev–Trinajstić information content (AvgIpc) is 2.64. The van der Waals surface area contributed by atoms with E-state index in [4.69, 9.17) is 16.4 Å². The summed E-state index contributed by atoms with van der Waals surface area (Å²) in [6.45, 7) is 7.92. The summed E-state index contributed by atoms with van der Waals surface area (Å²) in [4.78, 5) is 19.3. The van der Waals surface area contributed by atoms with E-state index in [1.807, 2.05) is 37.3 Å². The summed E-state index contributed by atoms with van der Waals surface area (Å²) < 4.78 is 0. The third-order valence-electron chi connectivity index (χ3n) is 3.97. The Morgan fingerprint density at radius 2 is 1.88 bits per heavy atom. The van der Waals surface area contributed by atoms with Gasteiger partial charge in [0.1, 0.15) is 0 Å². The number of nitrogens with zero attached hydrogens (tertiary/aromatic N) is 2. The summed E-state index contributed by atoms with van der Waals surface area (Å²) in [5.74, 6) is -0.288. The third kappa shape index (κ3) is 5.77. The van der Waals surface area contributed by atoms with Crippen molar-refractivity contribution in [2.24, 2.45) is 5.16 Å². The topological polar surface area (TPSA) is 53.9 Å². The molecule has 0 aromatic heterocycles. The van der Waals surface area contributed by atoms with Crippen LogP contribution in [0.4, 0.5) is 11.4 Å². The van der Waals surface area contributed by atoms with Crippen molar-refractivity contribution in [2.75, 3.05) is 29.9 Å². The van der Waals surface area contributed by atoms with E-state index in [1.54, 1.807) is 18.3 Å². The number of carbonyl (C=O) groups is 1. The summed E-state index contributed by atoms with van der Waals surface area (Å²) >= 11 is 5.93. The number of hydrogen-bond acceptors (Lipinski definition) is 4. The highest BCUT2D eigenvalue weighted by atomic mass is 35.5. The highest BCUT2D eigenvalue weighted by Gasteiger charge is 2.06. The zero-order valence-corrected chi connectivity index (χ0v) is 16.1. The van der Waals surface area contributed by atoms with E-state index in [0.29, 0.717) is 10.7 Å². The molecule has 0 spiro atoms. The van der Waals surface area contributed by atoms with Gasteiger partial charge in [-0.25, -0.2) is 0 Å². The molecular formula is C20H24ClN3O2. The first-order valence-corrected chi connectivity index (χ1v) is 8.97. The second-order valence-corrected chi connectivity index (χ2v) is 6.22. The van der Waals surface area contributed by atoms with Crippen LogP contribution in [0.2, 0.25) is 5.02 Å². The number of rotatable bonds is 8. The molecule has 5 nitrogen and oxygen atoms in total. The van der Waals surface area contributed by atoms with Gasteiger partial charge in [0.15, 0.2) is 6.61 Å². The van der Waals surface area contributed by atoms with Crippen LogP contribution < -0.4 is 10.2 Å². The molecule has 0 aliphatic rings. The van der Waals surface area contributed by atoms with Crippen LogP contribution in [0, 0.1) is 6.92 Å². The van der Waals surface area contributed by atoms with E-state index in [2.05, 4.69) is 29.2 Å². The second kappa shape index (κ2) is 9.82. The van der Waals surface area contributed by atoms with Crippen LogP contribution in [0.15, 0.2) is 47.6 Å². The summed E-state index contributed by atoms with van der Waals surface area (Å²) in [6.07, 6.45) is 1.59. The number of benzene rings is 2. The largest absolute Gasteiger partial charge is 0.386 e. The summed E-state index contributed by atoms with van der Waals surface area (Å²) in [6, 6.07) is 13.4. The van der Waals surface area contributed by atoms with Gasteiger partial charge in [-0.2, -0.15) is 0 Å². The van der Waals surface area contributed by atoms with Crippen molar-refractivity contribution in [2.45, 2.75) is 20.8 Å². The molecule has 26 heavy (non-hydrogen) atoms. The number of oxime groups is 1. The molecule has 6 heteroatoms. The maximum Gasteiger partial charge on any atom is 0.265 e. The quantitative estimate of drug-likeness (QED) is 0.548. The van der Waals surface area contributed by atoms with Gasteiger partial charge in [-0.15, -0.1) is 0 Å². The normalized spacial score (nSPS) is 10.8. The number of anilines is 2. The Morgan fingerprint density at radius 1 is 1.19 bits per heavy atom. The molecule has 0 heterocycles. The van der Waals surface area contributed by atoms with Crippen molar-refractivity contribution in [3.63, 3.8) is 0 Å². The number of halogens is 1. The molecule has 2 aromatic rings. The lowest BCUT2D eigenvalue weighted by atomic mass is 10.2. The molecule has 0 aliphatic carbocycles. The maximum atomic E-state index is 11.9. The standard InChI is InChI=1S/C20H24ClN3O2/c1-4-24(5-2)18-10-7-16(8-11-18)13-22-26-14-20(25)23-19-12-17(21)9-6-15(19)3/h6-13H,4-5,14H2,1-3H3,(H,23,25)/b22-13+. The molecule has 0 bridgehead atoms. The zero-order chi connectivity index (χ0) is 18.9. The highest BCUT2D eigenvalue weighted by Crippen LogP contribution is 2.20. The van der Waals surface area contributed by atoms with E-state index < -0.39 is 0 Å². The van der Waals surface area contributed by atoms with Crippen molar-refractivity contribution in [3.05, 3.63) is 58.6 Å². The lowest BCUT2D eigenvalue weighted by molar-refractivity contribution is -0.120. The van der Waals surface area contributed by atoms with Crippen LogP contribution in [0.25, 0.3) is 0 Å². The molecule has 2 rings (SSSR count). The molecule has 0 fully saturated rings. The SMILES string of the molecule is CCN(CC)c1ccc(/C=N/OCC(=O)Nc2cc(Cl)ccc2C)cc1. The summed E-state index contributed by atoms with van der Waals surface area (Å²) in [5, 5.41) is 7.17. The van der Waals surface area contributed by atoms with Gasteiger partial charge in [-0.3, -0.25) is 4.79 Å². The third-order valence-corrected chi connectivity index (χ3v) is 4.20. The molecule has 1 N–H and O–H groups in total.